The van der Waals surface area contributed by atoms with E-state index in [1.165, 1.54) is 12.1 Å². The topological polar surface area (TPSA) is 52.2 Å². The number of carbonyl (C=O) groups excluding carboxylic acids is 1. The number of alkyl halides is 3. The van der Waals surface area contributed by atoms with Gasteiger partial charge in [0, 0.05) is 43.4 Å². The Kier molecular flexibility index (Phi) is 8.37. The van der Waals surface area contributed by atoms with Crippen molar-refractivity contribution in [3.05, 3.63) is 69.8 Å². The summed E-state index contributed by atoms with van der Waals surface area (Å²) in [5.74, 6) is 0.122. The van der Waals surface area contributed by atoms with E-state index in [2.05, 4.69) is 21.8 Å². The molecule has 0 radical (unpaired) electrons. The Hall–Kier alpha value is -2.58. The highest BCUT2D eigenvalue weighted by molar-refractivity contribution is 6.31. The van der Waals surface area contributed by atoms with Crippen LogP contribution < -0.4 is 0 Å². The van der Waals surface area contributed by atoms with Crippen LogP contribution in [0, 0.1) is 6.92 Å². The van der Waals surface area contributed by atoms with Gasteiger partial charge in [-0.05, 0) is 43.2 Å². The molecule has 1 saturated heterocycles. The molecule has 178 valence electrons. The van der Waals surface area contributed by atoms with Gasteiger partial charge in [0.2, 0.25) is 0 Å². The molecule has 9 heteroatoms. The monoisotopic (exact) mass is 480 g/mol. The molecule has 5 nitrogen and oxygen atoms in total. The van der Waals surface area contributed by atoms with Crippen molar-refractivity contribution in [2.24, 2.45) is 0 Å². The van der Waals surface area contributed by atoms with Crippen molar-refractivity contribution in [2.45, 2.75) is 39.4 Å². The van der Waals surface area contributed by atoms with Gasteiger partial charge in [0.25, 0.3) is 5.91 Å². The number of aryl methyl sites for hydroxylation is 1. The molecule has 1 aliphatic heterocycles. The normalized spacial score (nSPS) is 16.1. The lowest BCUT2D eigenvalue weighted by Gasteiger charge is -2.34. The number of H-pyrrole nitrogens is 1. The van der Waals surface area contributed by atoms with Gasteiger partial charge < -0.3 is 9.88 Å². The number of imidazole rings is 1. The molecule has 0 spiro atoms. The molecule has 2 aromatic rings. The van der Waals surface area contributed by atoms with Gasteiger partial charge in [-0.2, -0.15) is 13.2 Å². The van der Waals surface area contributed by atoms with E-state index >= 15 is 0 Å². The Morgan fingerprint density at radius 1 is 1.18 bits per heavy atom. The van der Waals surface area contributed by atoms with Crippen LogP contribution in [-0.4, -0.2) is 51.9 Å². The van der Waals surface area contributed by atoms with Crippen LogP contribution >= 0.6 is 11.6 Å². The number of rotatable bonds is 7. The second kappa shape index (κ2) is 11.0. The first kappa shape index (κ1) is 25.1. The van der Waals surface area contributed by atoms with E-state index < -0.39 is 11.7 Å². The Labute approximate surface area is 196 Å². The third-order valence-electron chi connectivity index (χ3n) is 5.50. The number of aromatic amines is 1. The number of halogens is 4. The smallest absolute Gasteiger partial charge is 0.337 e. The van der Waals surface area contributed by atoms with Gasteiger partial charge in [0.05, 0.1) is 11.3 Å². The van der Waals surface area contributed by atoms with Crippen molar-refractivity contribution in [3.8, 4) is 0 Å². The van der Waals surface area contributed by atoms with E-state index in [0.717, 1.165) is 36.2 Å². The molecule has 3 rings (SSSR count). The van der Waals surface area contributed by atoms with Crippen molar-refractivity contribution >= 4 is 23.6 Å². The Morgan fingerprint density at radius 3 is 2.45 bits per heavy atom. The second-order valence-corrected chi connectivity index (χ2v) is 8.51. The number of nitrogens with zero attached hydrogens (tertiary/aromatic N) is 3. The summed E-state index contributed by atoms with van der Waals surface area (Å²) in [6.45, 7) is 6.80. The van der Waals surface area contributed by atoms with Crippen LogP contribution in [0.25, 0.3) is 6.08 Å². The minimum atomic E-state index is -4.33. The number of piperazine rings is 1. The van der Waals surface area contributed by atoms with E-state index in [0.29, 0.717) is 43.4 Å². The first-order valence-electron chi connectivity index (χ1n) is 11.0. The maximum Gasteiger partial charge on any atom is 0.416 e. The summed E-state index contributed by atoms with van der Waals surface area (Å²) in [6.07, 6.45) is 3.09. The molecular formula is C24H28ClF3N4O. The summed E-state index contributed by atoms with van der Waals surface area (Å²) < 4.78 is 38.2. The fourth-order valence-corrected chi connectivity index (χ4v) is 3.73. The largest absolute Gasteiger partial charge is 0.416 e. The third-order valence-corrected chi connectivity index (χ3v) is 5.78. The van der Waals surface area contributed by atoms with Crippen LogP contribution in [0.2, 0.25) is 0 Å². The van der Waals surface area contributed by atoms with Crippen LogP contribution in [0.3, 0.4) is 0 Å². The van der Waals surface area contributed by atoms with E-state index in [4.69, 9.17) is 11.6 Å². The maximum atomic E-state index is 12.9. The van der Waals surface area contributed by atoms with Crippen molar-refractivity contribution in [3.63, 3.8) is 0 Å². The molecule has 1 N–H and O–H groups in total. The number of allylic oxidation sites excluding steroid dienone is 3. The molecule has 1 fully saturated rings. The molecule has 33 heavy (non-hydrogen) atoms. The van der Waals surface area contributed by atoms with Crippen LogP contribution in [0.5, 0.6) is 0 Å². The Balaban J connectivity index is 1.54. The van der Waals surface area contributed by atoms with Gasteiger partial charge in [-0.3, -0.25) is 9.69 Å². The quantitative estimate of drug-likeness (QED) is 0.522. The van der Waals surface area contributed by atoms with Crippen LogP contribution in [0.15, 0.2) is 41.4 Å². The summed E-state index contributed by atoms with van der Waals surface area (Å²) in [7, 11) is 0. The lowest BCUT2D eigenvalue weighted by Crippen LogP contribution is -2.48. The van der Waals surface area contributed by atoms with Gasteiger partial charge in [-0.25, -0.2) is 4.98 Å². The molecule has 2 heterocycles. The summed E-state index contributed by atoms with van der Waals surface area (Å²) in [5, 5.41) is 0.635. The highest BCUT2D eigenvalue weighted by Gasteiger charge is 2.30. The molecular weight excluding hydrogens is 453 g/mol. The minimum Gasteiger partial charge on any atom is -0.337 e. The van der Waals surface area contributed by atoms with Gasteiger partial charge >= 0.3 is 6.18 Å². The molecule has 0 unspecified atom stereocenters. The van der Waals surface area contributed by atoms with E-state index in [9.17, 15) is 18.0 Å². The molecule has 1 aromatic heterocycles. The molecule has 1 aliphatic rings. The summed E-state index contributed by atoms with van der Waals surface area (Å²) >= 11 is 6.16. The number of hydrogen-bond acceptors (Lipinski definition) is 3. The Bertz CT molecular complexity index is 1000. The van der Waals surface area contributed by atoms with E-state index in [1.54, 1.807) is 17.1 Å². The maximum absolute atomic E-state index is 12.9. The molecule has 0 aliphatic carbocycles. The lowest BCUT2D eigenvalue weighted by molar-refractivity contribution is -0.137. The number of amides is 1. The summed E-state index contributed by atoms with van der Waals surface area (Å²) in [4.78, 5) is 24.2. The number of nitrogens with one attached hydrogen (secondary N) is 1. The van der Waals surface area contributed by atoms with E-state index in [-0.39, 0.29) is 11.7 Å². The first-order chi connectivity index (χ1) is 15.7. The molecule has 0 bridgehead atoms. The molecule has 1 aromatic carbocycles. The zero-order valence-electron chi connectivity index (χ0n) is 18.8. The predicted octanol–water partition coefficient (Wildman–Crippen LogP) is 5.63. The van der Waals surface area contributed by atoms with Crippen LogP contribution in [0.4, 0.5) is 13.2 Å². The molecule has 0 atom stereocenters. The van der Waals surface area contributed by atoms with Crippen molar-refractivity contribution in [1.82, 2.24) is 19.8 Å². The number of benzene rings is 1. The SMILES string of the molecule is CCC/C=C(Cl)/C=C\c1nc(C(=O)N2CCN(Cc3ccc(C(F)(F)F)cc3)CC2)[nH]c1C. The van der Waals surface area contributed by atoms with Crippen molar-refractivity contribution < 1.29 is 18.0 Å². The number of hydrogen-bond donors (Lipinski definition) is 1. The second-order valence-electron chi connectivity index (χ2n) is 8.07. The fourth-order valence-electron chi connectivity index (χ4n) is 3.56. The Morgan fingerprint density at radius 2 is 1.85 bits per heavy atom. The minimum absolute atomic E-state index is 0.167. The van der Waals surface area contributed by atoms with Gasteiger partial charge in [-0.15, -0.1) is 0 Å². The standard InChI is InChI=1S/C24H28ClF3N4O/c1-3-4-5-20(25)10-11-21-17(2)29-22(30-21)23(33)32-14-12-31(13-15-32)16-18-6-8-19(9-7-18)24(26,27)28/h5-11H,3-4,12-16H2,1-2H3,(H,29,30)/b11-10-,20-5-. The van der Waals surface area contributed by atoms with Gasteiger partial charge in [0.1, 0.15) is 0 Å². The summed E-state index contributed by atoms with van der Waals surface area (Å²) in [5.41, 5.74) is 1.62. The van der Waals surface area contributed by atoms with E-state index in [1.807, 2.05) is 13.0 Å². The average molecular weight is 481 g/mol. The van der Waals surface area contributed by atoms with Crippen molar-refractivity contribution in [2.75, 3.05) is 26.2 Å². The average Bonchev–Trinajstić information content (AvgIpc) is 3.16. The van der Waals surface area contributed by atoms with Crippen molar-refractivity contribution in [1.29, 1.82) is 0 Å². The van der Waals surface area contributed by atoms with Crippen LogP contribution in [0.1, 0.15) is 52.9 Å². The highest BCUT2D eigenvalue weighted by atomic mass is 35.5. The zero-order valence-corrected chi connectivity index (χ0v) is 19.5. The van der Waals surface area contributed by atoms with Gasteiger partial charge in [0.15, 0.2) is 5.82 Å². The summed E-state index contributed by atoms with van der Waals surface area (Å²) in [6, 6.07) is 5.22. The number of aromatic nitrogens is 2. The highest BCUT2D eigenvalue weighted by Crippen LogP contribution is 2.29. The molecule has 0 saturated carbocycles. The zero-order chi connectivity index (χ0) is 24.0. The predicted molar refractivity (Wildman–Crippen MR) is 124 cm³/mol. The molecule has 1 amide bonds. The van der Waals surface area contributed by atoms with Gasteiger partial charge in [-0.1, -0.05) is 43.2 Å². The lowest BCUT2D eigenvalue weighted by atomic mass is 10.1. The fraction of sp³-hybridized carbons (Fsp3) is 0.417. The van der Waals surface area contributed by atoms with Crippen LogP contribution in [-0.2, 0) is 12.7 Å². The third kappa shape index (κ3) is 6.95. The number of carbonyl (C=O) groups is 1. The first-order valence-corrected chi connectivity index (χ1v) is 11.3. The number of unbranched alkanes of at least 4 members (excludes halogenated alkanes) is 1.